The van der Waals surface area contributed by atoms with Gasteiger partial charge in [0.25, 0.3) is 0 Å². The van der Waals surface area contributed by atoms with Crippen LogP contribution in [0.3, 0.4) is 0 Å². The van der Waals surface area contributed by atoms with Crippen LogP contribution in [-0.2, 0) is 9.59 Å². The maximum Gasteiger partial charge on any atom is 0.240 e. The van der Waals surface area contributed by atoms with Gasteiger partial charge in [-0.3, -0.25) is 9.59 Å². The van der Waals surface area contributed by atoms with E-state index >= 15 is 0 Å². The van der Waals surface area contributed by atoms with E-state index in [1.54, 1.807) is 0 Å². The van der Waals surface area contributed by atoms with E-state index in [2.05, 4.69) is 10.6 Å². The van der Waals surface area contributed by atoms with Gasteiger partial charge in [-0.1, -0.05) is 0 Å². The number of hydrogen-bond acceptors (Lipinski definition) is 3. The van der Waals surface area contributed by atoms with E-state index in [1.165, 1.54) is 6.07 Å². The van der Waals surface area contributed by atoms with Crippen LogP contribution >= 0.6 is 0 Å². The first kappa shape index (κ1) is 16.4. The Bertz CT molecular complexity index is 586. The molecular formula is C15H19F2N3O2. The lowest BCUT2D eigenvalue weighted by atomic mass is 10.1. The van der Waals surface area contributed by atoms with Gasteiger partial charge >= 0.3 is 0 Å². The molecule has 1 aliphatic carbocycles. The highest BCUT2D eigenvalue weighted by molar-refractivity contribution is 6.13. The summed E-state index contributed by atoms with van der Waals surface area (Å²) in [5, 5.41) is 5.20. The number of anilines is 1. The third kappa shape index (κ3) is 3.59. The Hall–Kier alpha value is -2.02. The molecule has 1 aromatic carbocycles. The number of rotatable bonds is 6. The number of nitrogens with one attached hydrogen (secondary N) is 2. The molecule has 0 aliphatic heterocycles. The Kier molecular flexibility index (Phi) is 4.75. The van der Waals surface area contributed by atoms with Gasteiger partial charge in [-0.25, -0.2) is 8.78 Å². The van der Waals surface area contributed by atoms with Crippen LogP contribution in [0.1, 0.15) is 12.8 Å². The minimum Gasteiger partial charge on any atom is -0.354 e. The molecular weight excluding hydrogens is 292 g/mol. The van der Waals surface area contributed by atoms with Crippen LogP contribution in [0.25, 0.3) is 0 Å². The number of likely N-dealkylation sites (N-methyl/N-ethyl adjacent to an activating group) is 1. The molecule has 120 valence electrons. The Labute approximate surface area is 127 Å². The summed E-state index contributed by atoms with van der Waals surface area (Å²) < 4.78 is 26.0. The van der Waals surface area contributed by atoms with Gasteiger partial charge in [-0.2, -0.15) is 0 Å². The molecule has 7 heteroatoms. The Balaban J connectivity index is 1.96. The summed E-state index contributed by atoms with van der Waals surface area (Å²) in [4.78, 5) is 26.3. The lowest BCUT2D eigenvalue weighted by Crippen LogP contribution is -2.42. The maximum atomic E-state index is 13.1. The zero-order chi connectivity index (χ0) is 16.3. The summed E-state index contributed by atoms with van der Waals surface area (Å²) in [5.41, 5.74) is -0.951. The van der Waals surface area contributed by atoms with Crippen molar-refractivity contribution in [1.29, 1.82) is 0 Å². The second-order valence-corrected chi connectivity index (χ2v) is 5.72. The topological polar surface area (TPSA) is 61.4 Å². The van der Waals surface area contributed by atoms with Crippen LogP contribution in [0.15, 0.2) is 18.2 Å². The predicted molar refractivity (Wildman–Crippen MR) is 78.2 cm³/mol. The van der Waals surface area contributed by atoms with Crippen molar-refractivity contribution in [2.24, 2.45) is 5.41 Å². The lowest BCUT2D eigenvalue weighted by molar-refractivity contribution is -0.134. The highest BCUT2D eigenvalue weighted by Gasteiger charge is 2.56. The molecule has 1 aromatic rings. The molecule has 0 spiro atoms. The fraction of sp³-hybridized carbons (Fsp3) is 0.467. The van der Waals surface area contributed by atoms with Gasteiger partial charge in [-0.15, -0.1) is 0 Å². The molecule has 5 nitrogen and oxygen atoms in total. The van der Waals surface area contributed by atoms with Gasteiger partial charge in [-0.05, 0) is 39.1 Å². The molecule has 0 saturated heterocycles. The van der Waals surface area contributed by atoms with Crippen molar-refractivity contribution in [2.45, 2.75) is 12.8 Å². The highest BCUT2D eigenvalue weighted by Crippen LogP contribution is 2.46. The molecule has 0 atom stereocenters. The zero-order valence-corrected chi connectivity index (χ0v) is 12.6. The summed E-state index contributed by atoms with van der Waals surface area (Å²) in [5.74, 6) is -2.84. The van der Waals surface area contributed by atoms with Crippen LogP contribution in [0, 0.1) is 17.0 Å². The van der Waals surface area contributed by atoms with Crippen LogP contribution in [0.5, 0.6) is 0 Å². The third-order valence-corrected chi connectivity index (χ3v) is 3.64. The molecule has 2 N–H and O–H groups in total. The molecule has 1 fully saturated rings. The van der Waals surface area contributed by atoms with E-state index in [4.69, 9.17) is 0 Å². The fourth-order valence-electron chi connectivity index (χ4n) is 2.07. The van der Waals surface area contributed by atoms with Gasteiger partial charge < -0.3 is 15.5 Å². The van der Waals surface area contributed by atoms with Crippen molar-refractivity contribution >= 4 is 17.5 Å². The molecule has 1 aliphatic rings. The van der Waals surface area contributed by atoms with Crippen molar-refractivity contribution in [2.75, 3.05) is 32.5 Å². The Morgan fingerprint density at radius 2 is 1.86 bits per heavy atom. The minimum absolute atomic E-state index is 0.135. The van der Waals surface area contributed by atoms with Crippen LogP contribution in [-0.4, -0.2) is 43.9 Å². The Morgan fingerprint density at radius 3 is 2.41 bits per heavy atom. The second kappa shape index (κ2) is 6.39. The van der Waals surface area contributed by atoms with Crippen molar-refractivity contribution in [3.8, 4) is 0 Å². The molecule has 2 amide bonds. The lowest BCUT2D eigenvalue weighted by Gasteiger charge is -2.16. The molecule has 0 bridgehead atoms. The monoisotopic (exact) mass is 311 g/mol. The maximum absolute atomic E-state index is 13.1. The van der Waals surface area contributed by atoms with Gasteiger partial charge in [0, 0.05) is 24.8 Å². The van der Waals surface area contributed by atoms with E-state index in [1.807, 2.05) is 19.0 Å². The van der Waals surface area contributed by atoms with Crippen LogP contribution in [0.4, 0.5) is 14.5 Å². The first-order chi connectivity index (χ1) is 10.3. The summed E-state index contributed by atoms with van der Waals surface area (Å²) in [6.45, 7) is 1.12. The van der Waals surface area contributed by atoms with Gasteiger partial charge in [0.05, 0.1) is 0 Å². The third-order valence-electron chi connectivity index (χ3n) is 3.64. The van der Waals surface area contributed by atoms with Gasteiger partial charge in [0.15, 0.2) is 11.6 Å². The molecule has 0 radical (unpaired) electrons. The number of carbonyl (C=O) groups excluding carboxylic acids is 2. The van der Waals surface area contributed by atoms with Crippen molar-refractivity contribution in [3.63, 3.8) is 0 Å². The first-order valence-electron chi connectivity index (χ1n) is 7.05. The average molecular weight is 311 g/mol. The standard InChI is InChI=1S/C15H19F2N3O2/c1-20(2)8-7-18-13(21)15(5-6-15)14(22)19-10-3-4-11(16)12(17)9-10/h3-4,9H,5-8H2,1-2H3,(H,18,21)(H,19,22). The molecule has 1 saturated carbocycles. The first-order valence-corrected chi connectivity index (χ1v) is 7.05. The summed E-state index contributed by atoms with van der Waals surface area (Å²) >= 11 is 0. The normalized spacial score (nSPS) is 15.5. The second-order valence-electron chi connectivity index (χ2n) is 5.72. The SMILES string of the molecule is CN(C)CCNC(=O)C1(C(=O)Nc2ccc(F)c(F)c2)CC1. The molecule has 2 rings (SSSR count). The smallest absolute Gasteiger partial charge is 0.240 e. The largest absolute Gasteiger partial charge is 0.354 e. The number of benzene rings is 1. The number of nitrogens with zero attached hydrogens (tertiary/aromatic N) is 1. The molecule has 0 unspecified atom stereocenters. The molecule has 22 heavy (non-hydrogen) atoms. The fourth-order valence-corrected chi connectivity index (χ4v) is 2.07. The van der Waals surface area contributed by atoms with E-state index < -0.39 is 23.0 Å². The average Bonchev–Trinajstić information content (AvgIpc) is 3.24. The highest BCUT2D eigenvalue weighted by atomic mass is 19.2. The van der Waals surface area contributed by atoms with E-state index in [0.29, 0.717) is 25.9 Å². The minimum atomic E-state index is -1.09. The number of amides is 2. The van der Waals surface area contributed by atoms with Crippen LogP contribution < -0.4 is 10.6 Å². The quantitative estimate of drug-likeness (QED) is 0.780. The van der Waals surface area contributed by atoms with E-state index in [-0.39, 0.29) is 11.6 Å². The Morgan fingerprint density at radius 1 is 1.18 bits per heavy atom. The predicted octanol–water partition coefficient (Wildman–Crippen LogP) is 1.36. The van der Waals surface area contributed by atoms with Crippen molar-refractivity contribution in [1.82, 2.24) is 10.2 Å². The summed E-state index contributed by atoms with van der Waals surface area (Å²) in [6, 6.07) is 3.09. The van der Waals surface area contributed by atoms with Gasteiger partial charge in [0.1, 0.15) is 5.41 Å². The van der Waals surface area contributed by atoms with Crippen molar-refractivity contribution in [3.05, 3.63) is 29.8 Å². The van der Waals surface area contributed by atoms with Gasteiger partial charge in [0.2, 0.25) is 11.8 Å². The van der Waals surface area contributed by atoms with Crippen molar-refractivity contribution < 1.29 is 18.4 Å². The summed E-state index contributed by atoms with van der Waals surface area (Å²) in [7, 11) is 3.77. The number of halogens is 2. The summed E-state index contributed by atoms with van der Waals surface area (Å²) in [6.07, 6.45) is 0.909. The number of hydrogen-bond donors (Lipinski definition) is 2. The molecule has 0 aromatic heterocycles. The number of carbonyl (C=O) groups is 2. The van der Waals surface area contributed by atoms with E-state index in [9.17, 15) is 18.4 Å². The van der Waals surface area contributed by atoms with Crippen LogP contribution in [0.2, 0.25) is 0 Å². The van der Waals surface area contributed by atoms with E-state index in [0.717, 1.165) is 12.1 Å². The zero-order valence-electron chi connectivity index (χ0n) is 12.6. The molecule has 0 heterocycles.